The molecule has 106 valence electrons. The SMILES string of the molecule is CC(C)C(C)(CC(=O)NCCS(C)(=O)=O)C(=O)O. The van der Waals surface area contributed by atoms with E-state index in [-0.39, 0.29) is 24.6 Å². The van der Waals surface area contributed by atoms with Gasteiger partial charge in [0.15, 0.2) is 0 Å². The zero-order valence-corrected chi connectivity index (χ0v) is 12.0. The van der Waals surface area contributed by atoms with Crippen molar-refractivity contribution in [2.45, 2.75) is 27.2 Å². The topological polar surface area (TPSA) is 101 Å². The first-order valence-corrected chi connectivity index (χ1v) is 7.73. The molecule has 0 saturated carbocycles. The van der Waals surface area contributed by atoms with Gasteiger partial charge in [0.05, 0.1) is 11.2 Å². The predicted octanol–water partition coefficient (Wildman–Crippen LogP) is 0.284. The third-order valence-electron chi connectivity index (χ3n) is 3.09. The number of hydrogen-bond acceptors (Lipinski definition) is 4. The molecule has 0 aromatic rings. The third kappa shape index (κ3) is 5.48. The highest BCUT2D eigenvalue weighted by Crippen LogP contribution is 2.31. The molecule has 1 unspecified atom stereocenters. The van der Waals surface area contributed by atoms with Crippen LogP contribution in [0.5, 0.6) is 0 Å². The van der Waals surface area contributed by atoms with Gasteiger partial charge in [0, 0.05) is 19.2 Å². The van der Waals surface area contributed by atoms with Crippen LogP contribution in [0.3, 0.4) is 0 Å². The van der Waals surface area contributed by atoms with Crippen LogP contribution in [0.2, 0.25) is 0 Å². The van der Waals surface area contributed by atoms with Crippen molar-refractivity contribution >= 4 is 21.7 Å². The van der Waals surface area contributed by atoms with Crippen LogP contribution in [-0.2, 0) is 19.4 Å². The average Bonchev–Trinajstić information content (AvgIpc) is 2.14. The van der Waals surface area contributed by atoms with Gasteiger partial charge in [-0.15, -0.1) is 0 Å². The van der Waals surface area contributed by atoms with Crippen LogP contribution in [0.25, 0.3) is 0 Å². The molecule has 0 saturated heterocycles. The maximum absolute atomic E-state index is 11.6. The van der Waals surface area contributed by atoms with Crippen molar-refractivity contribution in [3.8, 4) is 0 Å². The number of carbonyl (C=O) groups excluding carboxylic acids is 1. The highest BCUT2D eigenvalue weighted by molar-refractivity contribution is 7.90. The second kappa shape index (κ2) is 6.17. The van der Waals surface area contributed by atoms with E-state index in [0.29, 0.717) is 0 Å². The standard InChI is InChI=1S/C11H21NO5S/c1-8(2)11(3,10(14)15)7-9(13)12-5-6-18(4,16)17/h8H,5-7H2,1-4H3,(H,12,13)(H,14,15). The number of carboxylic acids is 1. The average molecular weight is 279 g/mol. The Balaban J connectivity index is 4.42. The number of amides is 1. The van der Waals surface area contributed by atoms with E-state index in [1.807, 2.05) is 0 Å². The fourth-order valence-electron chi connectivity index (χ4n) is 1.30. The molecule has 0 aliphatic rings. The quantitative estimate of drug-likeness (QED) is 0.697. The molecule has 0 aliphatic carbocycles. The number of carboxylic acid groups (broad SMARTS) is 1. The first-order chi connectivity index (χ1) is 7.99. The van der Waals surface area contributed by atoms with Crippen molar-refractivity contribution in [3.05, 3.63) is 0 Å². The minimum Gasteiger partial charge on any atom is -0.481 e. The van der Waals surface area contributed by atoms with Crippen LogP contribution in [0.1, 0.15) is 27.2 Å². The van der Waals surface area contributed by atoms with Gasteiger partial charge in [0.25, 0.3) is 0 Å². The molecule has 7 heteroatoms. The van der Waals surface area contributed by atoms with E-state index in [0.717, 1.165) is 6.26 Å². The molecule has 0 aliphatic heterocycles. The Bertz CT molecular complexity index is 415. The monoisotopic (exact) mass is 279 g/mol. The summed E-state index contributed by atoms with van der Waals surface area (Å²) in [6.07, 6.45) is 0.915. The van der Waals surface area contributed by atoms with E-state index in [9.17, 15) is 18.0 Å². The summed E-state index contributed by atoms with van der Waals surface area (Å²) in [5.74, 6) is -1.83. The fourth-order valence-corrected chi connectivity index (χ4v) is 1.77. The summed E-state index contributed by atoms with van der Waals surface area (Å²) in [6, 6.07) is 0. The van der Waals surface area contributed by atoms with E-state index in [2.05, 4.69) is 5.32 Å². The Labute approximate surface area is 108 Å². The Hall–Kier alpha value is -1.11. The van der Waals surface area contributed by atoms with Crippen molar-refractivity contribution < 1.29 is 23.1 Å². The first-order valence-electron chi connectivity index (χ1n) is 5.67. The molecule has 0 aromatic carbocycles. The lowest BCUT2D eigenvalue weighted by Gasteiger charge is -2.28. The smallest absolute Gasteiger partial charge is 0.310 e. The van der Waals surface area contributed by atoms with Gasteiger partial charge in [-0.05, 0) is 12.8 Å². The Morgan fingerprint density at radius 3 is 2.17 bits per heavy atom. The minimum atomic E-state index is -3.13. The van der Waals surface area contributed by atoms with Crippen LogP contribution in [0.15, 0.2) is 0 Å². The van der Waals surface area contributed by atoms with Gasteiger partial charge in [-0.25, -0.2) is 8.42 Å². The van der Waals surface area contributed by atoms with Crippen molar-refractivity contribution in [1.82, 2.24) is 5.32 Å². The molecule has 0 bridgehead atoms. The summed E-state index contributed by atoms with van der Waals surface area (Å²) in [7, 11) is -3.13. The van der Waals surface area contributed by atoms with Crippen molar-refractivity contribution in [3.63, 3.8) is 0 Å². The zero-order chi connectivity index (χ0) is 14.6. The zero-order valence-electron chi connectivity index (χ0n) is 11.2. The lowest BCUT2D eigenvalue weighted by molar-refractivity contribution is -0.153. The van der Waals surface area contributed by atoms with Gasteiger partial charge in [0.2, 0.25) is 5.91 Å². The van der Waals surface area contributed by atoms with Crippen LogP contribution in [0, 0.1) is 11.3 Å². The normalized spacial score (nSPS) is 15.2. The van der Waals surface area contributed by atoms with Gasteiger partial charge in [-0.2, -0.15) is 0 Å². The number of carbonyl (C=O) groups is 2. The molecule has 0 aromatic heterocycles. The number of nitrogens with one attached hydrogen (secondary N) is 1. The van der Waals surface area contributed by atoms with E-state index < -0.39 is 27.1 Å². The second-order valence-electron chi connectivity index (χ2n) is 5.03. The lowest BCUT2D eigenvalue weighted by Crippen LogP contribution is -2.40. The molecule has 0 radical (unpaired) electrons. The highest BCUT2D eigenvalue weighted by atomic mass is 32.2. The molecule has 0 rings (SSSR count). The van der Waals surface area contributed by atoms with Crippen LogP contribution in [-0.4, -0.2) is 44.0 Å². The molecule has 0 heterocycles. The van der Waals surface area contributed by atoms with Crippen LogP contribution < -0.4 is 5.32 Å². The molecule has 1 atom stereocenters. The fraction of sp³-hybridized carbons (Fsp3) is 0.818. The summed E-state index contributed by atoms with van der Waals surface area (Å²) < 4.78 is 21.7. The van der Waals surface area contributed by atoms with E-state index in [1.165, 1.54) is 6.92 Å². The molecular formula is C11H21NO5S. The van der Waals surface area contributed by atoms with Gasteiger partial charge < -0.3 is 10.4 Å². The lowest BCUT2D eigenvalue weighted by atomic mass is 9.76. The molecule has 0 spiro atoms. The summed E-state index contributed by atoms with van der Waals surface area (Å²) in [4.78, 5) is 22.7. The molecular weight excluding hydrogens is 258 g/mol. The molecule has 0 fully saturated rings. The maximum Gasteiger partial charge on any atom is 0.310 e. The Morgan fingerprint density at radius 2 is 1.83 bits per heavy atom. The third-order valence-corrected chi connectivity index (χ3v) is 4.03. The minimum absolute atomic E-state index is 0.00542. The molecule has 1 amide bonds. The van der Waals surface area contributed by atoms with Gasteiger partial charge >= 0.3 is 5.97 Å². The van der Waals surface area contributed by atoms with Gasteiger partial charge in [0.1, 0.15) is 9.84 Å². The van der Waals surface area contributed by atoms with Crippen molar-refractivity contribution in [2.75, 3.05) is 18.6 Å². The van der Waals surface area contributed by atoms with E-state index in [1.54, 1.807) is 13.8 Å². The highest BCUT2D eigenvalue weighted by Gasteiger charge is 2.38. The number of rotatable bonds is 7. The van der Waals surface area contributed by atoms with Crippen molar-refractivity contribution in [2.24, 2.45) is 11.3 Å². The molecule has 2 N–H and O–H groups in total. The second-order valence-corrected chi connectivity index (χ2v) is 7.29. The summed E-state index contributed by atoms with van der Waals surface area (Å²) in [6.45, 7) is 4.98. The number of sulfone groups is 1. The summed E-state index contributed by atoms with van der Waals surface area (Å²) >= 11 is 0. The Kier molecular flexibility index (Phi) is 5.79. The van der Waals surface area contributed by atoms with Gasteiger partial charge in [-0.1, -0.05) is 13.8 Å². The van der Waals surface area contributed by atoms with E-state index >= 15 is 0 Å². The molecule has 6 nitrogen and oxygen atoms in total. The summed E-state index contributed by atoms with van der Waals surface area (Å²) in [5, 5.41) is 11.6. The van der Waals surface area contributed by atoms with E-state index in [4.69, 9.17) is 5.11 Å². The molecule has 18 heavy (non-hydrogen) atoms. The number of aliphatic carboxylic acids is 1. The van der Waals surface area contributed by atoms with Crippen LogP contribution in [0.4, 0.5) is 0 Å². The maximum atomic E-state index is 11.6. The number of hydrogen-bond donors (Lipinski definition) is 2. The van der Waals surface area contributed by atoms with Crippen molar-refractivity contribution in [1.29, 1.82) is 0 Å². The summed E-state index contributed by atoms with van der Waals surface area (Å²) in [5.41, 5.74) is -1.14. The largest absolute Gasteiger partial charge is 0.481 e. The van der Waals surface area contributed by atoms with Gasteiger partial charge in [-0.3, -0.25) is 9.59 Å². The first kappa shape index (κ1) is 16.9. The predicted molar refractivity (Wildman–Crippen MR) is 67.9 cm³/mol. The Morgan fingerprint density at radius 1 is 1.33 bits per heavy atom. The van der Waals surface area contributed by atoms with Crippen LogP contribution >= 0.6 is 0 Å².